The van der Waals surface area contributed by atoms with E-state index in [0.717, 1.165) is 25.2 Å². The molecule has 126 valence electrons. The van der Waals surface area contributed by atoms with Crippen LogP contribution in [-0.4, -0.2) is 47.8 Å². The van der Waals surface area contributed by atoms with Gasteiger partial charge in [0.2, 0.25) is 11.8 Å². The summed E-state index contributed by atoms with van der Waals surface area (Å²) in [5.74, 6) is 0.156. The number of carbonyl (C=O) groups excluding carboxylic acids is 2. The largest absolute Gasteiger partial charge is 0.370 e. The van der Waals surface area contributed by atoms with Gasteiger partial charge in [-0.2, -0.15) is 5.10 Å². The minimum absolute atomic E-state index is 0.0625. The Hall–Kier alpha value is -2.38. The molecule has 1 saturated heterocycles. The highest BCUT2D eigenvalue weighted by Crippen LogP contribution is 2.21. The van der Waals surface area contributed by atoms with Crippen molar-refractivity contribution in [1.29, 1.82) is 0 Å². The molecule has 0 bridgehead atoms. The average molecular weight is 321 g/mol. The van der Waals surface area contributed by atoms with Crippen LogP contribution >= 0.6 is 0 Å². The average Bonchev–Trinajstić information content (AvgIpc) is 2.96. The number of anilines is 1. The van der Waals surface area contributed by atoms with Crippen LogP contribution in [0.25, 0.3) is 0 Å². The molecule has 2 amide bonds. The number of hydrogen-bond acceptors (Lipinski definition) is 5. The molecule has 1 aromatic heterocycles. The van der Waals surface area contributed by atoms with Crippen molar-refractivity contribution in [2.24, 2.45) is 13.0 Å². The van der Waals surface area contributed by atoms with E-state index in [1.165, 1.54) is 11.6 Å². The number of hydrogen-bond donors (Lipinski definition) is 2. The Kier molecular flexibility index (Phi) is 5.72. The van der Waals surface area contributed by atoms with Crippen molar-refractivity contribution in [1.82, 2.24) is 20.4 Å². The van der Waals surface area contributed by atoms with Gasteiger partial charge in [0.25, 0.3) is 5.56 Å². The summed E-state index contributed by atoms with van der Waals surface area (Å²) < 4.78 is 1.30. The molecular formula is C15H23N5O3. The van der Waals surface area contributed by atoms with Gasteiger partial charge in [0.05, 0.1) is 11.9 Å². The highest BCUT2D eigenvalue weighted by molar-refractivity contribution is 5.77. The Morgan fingerprint density at radius 1 is 1.39 bits per heavy atom. The van der Waals surface area contributed by atoms with E-state index < -0.39 is 0 Å². The Morgan fingerprint density at radius 2 is 2.17 bits per heavy atom. The zero-order valence-corrected chi connectivity index (χ0v) is 13.5. The van der Waals surface area contributed by atoms with Crippen molar-refractivity contribution in [2.45, 2.75) is 19.8 Å². The standard InChI is InChI=1S/C15H23N5O3/c1-11(21)16-5-3-14(22)17-8-12-4-6-20(10-12)13-7-15(23)19(2)18-9-13/h7,9,12H,3-6,8,10H2,1-2H3,(H,16,21)(H,17,22)/t12-/m0/s1. The summed E-state index contributed by atoms with van der Waals surface area (Å²) in [6.07, 6.45) is 2.94. The highest BCUT2D eigenvalue weighted by atomic mass is 16.2. The quantitative estimate of drug-likeness (QED) is 0.719. The van der Waals surface area contributed by atoms with Crippen LogP contribution in [-0.2, 0) is 16.6 Å². The summed E-state index contributed by atoms with van der Waals surface area (Å²) in [5.41, 5.74) is 0.699. The lowest BCUT2D eigenvalue weighted by molar-refractivity contribution is -0.121. The third kappa shape index (κ3) is 5.08. The molecule has 8 heteroatoms. The molecule has 0 saturated carbocycles. The van der Waals surface area contributed by atoms with Crippen molar-refractivity contribution in [3.8, 4) is 0 Å². The fourth-order valence-electron chi connectivity index (χ4n) is 2.57. The molecule has 0 unspecified atom stereocenters. The summed E-state index contributed by atoms with van der Waals surface area (Å²) in [7, 11) is 1.62. The molecular weight excluding hydrogens is 298 g/mol. The van der Waals surface area contributed by atoms with Crippen LogP contribution in [0.3, 0.4) is 0 Å². The van der Waals surface area contributed by atoms with Crippen molar-refractivity contribution in [3.63, 3.8) is 0 Å². The van der Waals surface area contributed by atoms with E-state index in [9.17, 15) is 14.4 Å². The third-order valence-electron chi connectivity index (χ3n) is 3.92. The van der Waals surface area contributed by atoms with E-state index in [-0.39, 0.29) is 23.8 Å². The lowest BCUT2D eigenvalue weighted by Gasteiger charge is -2.18. The van der Waals surface area contributed by atoms with Crippen molar-refractivity contribution < 1.29 is 9.59 Å². The lowest BCUT2D eigenvalue weighted by Crippen LogP contribution is -2.33. The number of rotatable bonds is 6. The predicted molar refractivity (Wildman–Crippen MR) is 86.1 cm³/mol. The van der Waals surface area contributed by atoms with E-state index in [4.69, 9.17) is 0 Å². The maximum Gasteiger partial charge on any atom is 0.268 e. The van der Waals surface area contributed by atoms with Gasteiger partial charge >= 0.3 is 0 Å². The van der Waals surface area contributed by atoms with Crippen LogP contribution in [0.1, 0.15) is 19.8 Å². The first-order chi connectivity index (χ1) is 11.0. The smallest absolute Gasteiger partial charge is 0.268 e. The molecule has 0 aromatic carbocycles. The Labute approximate surface area is 134 Å². The van der Waals surface area contributed by atoms with Gasteiger partial charge < -0.3 is 15.5 Å². The molecule has 1 aliphatic heterocycles. The van der Waals surface area contributed by atoms with Crippen LogP contribution in [0.4, 0.5) is 5.69 Å². The fraction of sp³-hybridized carbons (Fsp3) is 0.600. The Balaban J connectivity index is 1.75. The second-order valence-electron chi connectivity index (χ2n) is 5.81. The van der Waals surface area contributed by atoms with Crippen LogP contribution in [0.15, 0.2) is 17.1 Å². The topological polar surface area (TPSA) is 96.3 Å². The van der Waals surface area contributed by atoms with Gasteiger partial charge in [0, 0.05) is 52.6 Å². The summed E-state index contributed by atoms with van der Waals surface area (Å²) in [5, 5.41) is 9.52. The fourth-order valence-corrected chi connectivity index (χ4v) is 2.57. The summed E-state index contributed by atoms with van der Waals surface area (Å²) in [6.45, 7) is 4.03. The summed E-state index contributed by atoms with van der Waals surface area (Å²) in [6, 6.07) is 1.58. The zero-order chi connectivity index (χ0) is 16.8. The monoisotopic (exact) mass is 321 g/mol. The molecule has 8 nitrogen and oxygen atoms in total. The van der Waals surface area contributed by atoms with Crippen LogP contribution in [0.5, 0.6) is 0 Å². The van der Waals surface area contributed by atoms with E-state index in [1.54, 1.807) is 19.3 Å². The molecule has 2 rings (SSSR count). The van der Waals surface area contributed by atoms with Crippen molar-refractivity contribution in [2.75, 3.05) is 31.1 Å². The molecule has 1 atom stereocenters. The van der Waals surface area contributed by atoms with Gasteiger partial charge in [0.15, 0.2) is 0 Å². The normalized spacial score (nSPS) is 17.1. The highest BCUT2D eigenvalue weighted by Gasteiger charge is 2.23. The van der Waals surface area contributed by atoms with Crippen LogP contribution < -0.4 is 21.1 Å². The van der Waals surface area contributed by atoms with E-state index in [0.29, 0.717) is 19.0 Å². The van der Waals surface area contributed by atoms with Gasteiger partial charge in [-0.05, 0) is 12.3 Å². The zero-order valence-electron chi connectivity index (χ0n) is 13.5. The molecule has 0 aliphatic carbocycles. The van der Waals surface area contributed by atoms with Gasteiger partial charge in [0.1, 0.15) is 0 Å². The number of carbonyl (C=O) groups is 2. The molecule has 1 aliphatic rings. The number of aryl methyl sites for hydroxylation is 1. The number of nitrogens with one attached hydrogen (secondary N) is 2. The van der Waals surface area contributed by atoms with E-state index >= 15 is 0 Å². The maximum absolute atomic E-state index is 11.7. The second-order valence-corrected chi connectivity index (χ2v) is 5.81. The van der Waals surface area contributed by atoms with Gasteiger partial charge in [-0.1, -0.05) is 0 Å². The van der Waals surface area contributed by atoms with Crippen molar-refractivity contribution in [3.05, 3.63) is 22.6 Å². The first-order valence-corrected chi connectivity index (χ1v) is 7.75. The molecule has 23 heavy (non-hydrogen) atoms. The Morgan fingerprint density at radius 3 is 2.87 bits per heavy atom. The van der Waals surface area contributed by atoms with Gasteiger partial charge in [-0.3, -0.25) is 14.4 Å². The lowest BCUT2D eigenvalue weighted by atomic mass is 10.1. The minimum Gasteiger partial charge on any atom is -0.370 e. The molecule has 0 radical (unpaired) electrons. The summed E-state index contributed by atoms with van der Waals surface area (Å²) >= 11 is 0. The third-order valence-corrected chi connectivity index (χ3v) is 3.92. The van der Waals surface area contributed by atoms with Crippen LogP contribution in [0.2, 0.25) is 0 Å². The SMILES string of the molecule is CC(=O)NCCC(=O)NC[C@@H]1CCN(c2cnn(C)c(=O)c2)C1. The first kappa shape index (κ1) is 17.0. The van der Waals surface area contributed by atoms with Crippen molar-refractivity contribution >= 4 is 17.5 Å². The molecule has 0 spiro atoms. The second kappa shape index (κ2) is 7.75. The molecule has 2 N–H and O–H groups in total. The molecule has 1 fully saturated rings. The van der Waals surface area contributed by atoms with Crippen LogP contribution in [0, 0.1) is 5.92 Å². The number of nitrogens with zero attached hydrogens (tertiary/aromatic N) is 3. The molecule has 1 aromatic rings. The minimum atomic E-state index is -0.133. The number of amides is 2. The summed E-state index contributed by atoms with van der Waals surface area (Å²) in [4.78, 5) is 36.2. The van der Waals surface area contributed by atoms with E-state index in [1.807, 2.05) is 0 Å². The first-order valence-electron chi connectivity index (χ1n) is 7.75. The van der Waals surface area contributed by atoms with E-state index in [2.05, 4.69) is 20.6 Å². The number of aromatic nitrogens is 2. The van der Waals surface area contributed by atoms with Gasteiger partial charge in [-0.15, -0.1) is 0 Å². The predicted octanol–water partition coefficient (Wildman–Crippen LogP) is -0.751. The maximum atomic E-state index is 11.7. The van der Waals surface area contributed by atoms with Gasteiger partial charge in [-0.25, -0.2) is 4.68 Å². The Bertz CT molecular complexity index is 628. The molecule has 2 heterocycles.